The summed E-state index contributed by atoms with van der Waals surface area (Å²) in [5, 5.41) is 10.1. The van der Waals surface area contributed by atoms with Crippen molar-refractivity contribution in [2.24, 2.45) is 0 Å². The SMILES string of the molecule is c1ccc(-c2ccc(-c3cc4ccccc4c4ccccc34)cc2N(c2ccc(-c3ccc4ccccc4c3)cc2)c2cccc3c2sc2ccccc23)cc1. The van der Waals surface area contributed by atoms with Gasteiger partial charge in [-0.1, -0.05) is 170 Å². The molecule has 0 amide bonds. The Morgan fingerprint density at radius 2 is 0.946 bits per heavy atom. The van der Waals surface area contributed by atoms with E-state index >= 15 is 0 Å². The van der Waals surface area contributed by atoms with Crippen LogP contribution in [-0.2, 0) is 0 Å². The first-order chi connectivity index (χ1) is 27.8. The fraction of sp³-hybridized carbons (Fsp3) is 0. The molecular formula is C54H35NS. The molecule has 0 N–H and O–H groups in total. The zero-order valence-electron chi connectivity index (χ0n) is 30.6. The summed E-state index contributed by atoms with van der Waals surface area (Å²) in [5.74, 6) is 0. The second-order valence-corrected chi connectivity index (χ2v) is 15.5. The highest BCUT2D eigenvalue weighted by atomic mass is 32.1. The maximum Gasteiger partial charge on any atom is 0.0640 e. The van der Waals surface area contributed by atoms with E-state index in [0.29, 0.717) is 0 Å². The third-order valence-corrected chi connectivity index (χ3v) is 12.4. The Balaban J connectivity index is 1.17. The van der Waals surface area contributed by atoms with Gasteiger partial charge in [0, 0.05) is 26.7 Å². The number of hydrogen-bond acceptors (Lipinski definition) is 2. The summed E-state index contributed by atoms with van der Waals surface area (Å²) in [6.45, 7) is 0. The van der Waals surface area contributed by atoms with Crippen molar-refractivity contribution >= 4 is 80.9 Å². The van der Waals surface area contributed by atoms with E-state index in [1.807, 2.05) is 11.3 Å². The molecule has 1 aromatic heterocycles. The van der Waals surface area contributed by atoms with Gasteiger partial charge in [-0.15, -0.1) is 11.3 Å². The maximum atomic E-state index is 2.50. The molecule has 0 aliphatic carbocycles. The van der Waals surface area contributed by atoms with E-state index in [-0.39, 0.29) is 0 Å². The van der Waals surface area contributed by atoms with E-state index in [4.69, 9.17) is 0 Å². The van der Waals surface area contributed by atoms with Crippen LogP contribution in [0.2, 0.25) is 0 Å². The van der Waals surface area contributed by atoms with Gasteiger partial charge in [-0.3, -0.25) is 0 Å². The van der Waals surface area contributed by atoms with E-state index in [1.165, 1.54) is 91.6 Å². The highest BCUT2D eigenvalue weighted by Crippen LogP contribution is 2.49. The van der Waals surface area contributed by atoms with Gasteiger partial charge in [-0.25, -0.2) is 0 Å². The summed E-state index contributed by atoms with van der Waals surface area (Å²) in [5.41, 5.74) is 10.6. The number of fused-ring (bicyclic) bond motifs is 7. The summed E-state index contributed by atoms with van der Waals surface area (Å²) in [4.78, 5) is 2.50. The molecule has 11 rings (SSSR count). The summed E-state index contributed by atoms with van der Waals surface area (Å²) >= 11 is 1.87. The molecule has 0 aliphatic heterocycles. The second kappa shape index (κ2) is 13.4. The van der Waals surface area contributed by atoms with E-state index in [2.05, 4.69) is 217 Å². The molecular weight excluding hydrogens is 695 g/mol. The van der Waals surface area contributed by atoms with Crippen LogP contribution in [0.1, 0.15) is 0 Å². The first-order valence-electron chi connectivity index (χ1n) is 19.2. The van der Waals surface area contributed by atoms with Gasteiger partial charge in [0.05, 0.1) is 16.1 Å². The molecule has 0 atom stereocenters. The standard InChI is InChI=1S/C54H35NS/c1-2-14-38(15-3-1)45-32-29-42(50-34-41-17-6-7-18-44(41)46-19-8-9-20-47(46)50)35-52(45)55(51-23-12-22-49-48-21-10-11-24-53(48)56-54(49)51)43-30-27-37(28-31-43)40-26-25-36-13-4-5-16-39(36)33-40/h1-35H. The minimum absolute atomic E-state index is 1.11. The van der Waals surface area contributed by atoms with Crippen molar-refractivity contribution in [2.75, 3.05) is 4.90 Å². The molecule has 10 aromatic carbocycles. The van der Waals surface area contributed by atoms with Gasteiger partial charge in [-0.05, 0) is 103 Å². The van der Waals surface area contributed by atoms with Gasteiger partial charge >= 0.3 is 0 Å². The average molecular weight is 730 g/mol. The minimum Gasteiger partial charge on any atom is -0.308 e. The lowest BCUT2D eigenvalue weighted by molar-refractivity contribution is 1.30. The van der Waals surface area contributed by atoms with Gasteiger partial charge in [0.15, 0.2) is 0 Å². The predicted octanol–water partition coefficient (Wildman–Crippen LogP) is 16.0. The molecule has 0 saturated carbocycles. The van der Waals surface area contributed by atoms with Crippen molar-refractivity contribution in [3.63, 3.8) is 0 Å². The molecule has 0 unspecified atom stereocenters. The molecule has 0 aliphatic rings. The summed E-state index contributed by atoms with van der Waals surface area (Å²) in [6.07, 6.45) is 0. The summed E-state index contributed by atoms with van der Waals surface area (Å²) < 4.78 is 2.56. The van der Waals surface area contributed by atoms with Crippen LogP contribution < -0.4 is 4.90 Å². The number of rotatable bonds is 6. The number of hydrogen-bond donors (Lipinski definition) is 0. The number of anilines is 3. The highest BCUT2D eigenvalue weighted by Gasteiger charge is 2.22. The van der Waals surface area contributed by atoms with Crippen LogP contribution in [0.3, 0.4) is 0 Å². The van der Waals surface area contributed by atoms with Gasteiger partial charge in [0.25, 0.3) is 0 Å². The molecule has 1 nitrogen and oxygen atoms in total. The topological polar surface area (TPSA) is 3.24 Å². The molecule has 2 heteroatoms. The average Bonchev–Trinajstić information content (AvgIpc) is 3.66. The van der Waals surface area contributed by atoms with Crippen LogP contribution in [0.4, 0.5) is 17.1 Å². The third-order valence-electron chi connectivity index (χ3n) is 11.2. The van der Waals surface area contributed by atoms with Crippen LogP contribution >= 0.6 is 11.3 Å². The monoisotopic (exact) mass is 729 g/mol. The Morgan fingerprint density at radius 1 is 0.304 bits per heavy atom. The van der Waals surface area contributed by atoms with Crippen LogP contribution in [0.25, 0.3) is 85.9 Å². The lowest BCUT2D eigenvalue weighted by atomic mass is 9.91. The molecule has 0 saturated heterocycles. The Bertz CT molecular complexity index is 3250. The first-order valence-corrected chi connectivity index (χ1v) is 20.0. The zero-order chi connectivity index (χ0) is 37.0. The van der Waals surface area contributed by atoms with Crippen molar-refractivity contribution in [3.05, 3.63) is 212 Å². The first kappa shape index (κ1) is 32.4. The number of thiophene rings is 1. The van der Waals surface area contributed by atoms with Gasteiger partial charge in [0.1, 0.15) is 0 Å². The second-order valence-electron chi connectivity index (χ2n) is 14.5. The Morgan fingerprint density at radius 3 is 1.79 bits per heavy atom. The smallest absolute Gasteiger partial charge is 0.0640 e. The van der Waals surface area contributed by atoms with E-state index in [1.54, 1.807) is 0 Å². The molecule has 0 radical (unpaired) electrons. The van der Waals surface area contributed by atoms with Crippen molar-refractivity contribution in [3.8, 4) is 33.4 Å². The normalized spacial score (nSPS) is 11.6. The van der Waals surface area contributed by atoms with Crippen molar-refractivity contribution in [1.82, 2.24) is 0 Å². The van der Waals surface area contributed by atoms with Crippen molar-refractivity contribution < 1.29 is 0 Å². The fourth-order valence-electron chi connectivity index (χ4n) is 8.53. The summed E-state index contributed by atoms with van der Waals surface area (Å²) in [6, 6.07) is 77.9. The van der Waals surface area contributed by atoms with Crippen molar-refractivity contribution in [1.29, 1.82) is 0 Å². The van der Waals surface area contributed by atoms with Crippen LogP contribution in [0.15, 0.2) is 212 Å². The largest absolute Gasteiger partial charge is 0.308 e. The molecule has 0 spiro atoms. The molecule has 56 heavy (non-hydrogen) atoms. The molecule has 0 bridgehead atoms. The predicted molar refractivity (Wildman–Crippen MR) is 243 cm³/mol. The quantitative estimate of drug-likeness (QED) is 0.154. The minimum atomic E-state index is 1.11. The molecule has 262 valence electrons. The van der Waals surface area contributed by atoms with Gasteiger partial charge in [0.2, 0.25) is 0 Å². The van der Waals surface area contributed by atoms with Crippen LogP contribution in [-0.4, -0.2) is 0 Å². The zero-order valence-corrected chi connectivity index (χ0v) is 31.4. The molecule has 1 heterocycles. The fourth-order valence-corrected chi connectivity index (χ4v) is 9.73. The van der Waals surface area contributed by atoms with Crippen LogP contribution in [0, 0.1) is 0 Å². The van der Waals surface area contributed by atoms with E-state index in [9.17, 15) is 0 Å². The Labute approximate surface area is 330 Å². The molecule has 0 fully saturated rings. The van der Waals surface area contributed by atoms with Crippen LogP contribution in [0.5, 0.6) is 0 Å². The Hall–Kier alpha value is -7.00. The van der Waals surface area contributed by atoms with E-state index in [0.717, 1.165) is 11.4 Å². The van der Waals surface area contributed by atoms with Crippen molar-refractivity contribution in [2.45, 2.75) is 0 Å². The highest BCUT2D eigenvalue weighted by molar-refractivity contribution is 7.26. The summed E-state index contributed by atoms with van der Waals surface area (Å²) in [7, 11) is 0. The molecule has 11 aromatic rings. The maximum absolute atomic E-state index is 2.50. The lowest BCUT2D eigenvalue weighted by Gasteiger charge is -2.29. The number of nitrogens with zero attached hydrogens (tertiary/aromatic N) is 1. The number of benzene rings is 10. The third kappa shape index (κ3) is 5.46. The van der Waals surface area contributed by atoms with E-state index < -0.39 is 0 Å². The Kier molecular flexibility index (Phi) is 7.75. The lowest BCUT2D eigenvalue weighted by Crippen LogP contribution is -2.11. The van der Waals surface area contributed by atoms with Gasteiger partial charge < -0.3 is 4.90 Å². The van der Waals surface area contributed by atoms with Gasteiger partial charge in [-0.2, -0.15) is 0 Å².